The van der Waals surface area contributed by atoms with Crippen molar-refractivity contribution in [3.63, 3.8) is 0 Å². The molecule has 0 N–H and O–H groups in total. The highest BCUT2D eigenvalue weighted by atomic mass is 32.1. The van der Waals surface area contributed by atoms with E-state index in [1.807, 2.05) is 35.6 Å². The summed E-state index contributed by atoms with van der Waals surface area (Å²) in [4.78, 5) is 11.0. The van der Waals surface area contributed by atoms with E-state index in [2.05, 4.69) is 26.2 Å². The summed E-state index contributed by atoms with van der Waals surface area (Å²) in [6, 6.07) is 11.6. The second-order valence-corrected chi connectivity index (χ2v) is 7.11. The first-order chi connectivity index (χ1) is 10.9. The average Bonchev–Trinajstić information content (AvgIpc) is 3.11. The highest BCUT2D eigenvalue weighted by molar-refractivity contribution is 7.10. The molecular formula is C17H17N3OS. The Labute approximate surface area is 133 Å². The highest BCUT2D eigenvalue weighted by Gasteiger charge is 2.35. The summed E-state index contributed by atoms with van der Waals surface area (Å²) >= 11 is 1.90. The van der Waals surface area contributed by atoms with Crippen molar-refractivity contribution in [2.24, 2.45) is 0 Å². The zero-order chi connectivity index (χ0) is 14.5. The maximum Gasteiger partial charge on any atom is 0.298 e. The molecule has 5 rings (SSSR count). The zero-order valence-corrected chi connectivity index (χ0v) is 13.1. The molecule has 0 radical (unpaired) electrons. The molecule has 3 aromatic rings. The Bertz CT molecular complexity index is 785. The number of benzene rings is 1. The van der Waals surface area contributed by atoms with Gasteiger partial charge in [-0.1, -0.05) is 12.1 Å². The summed E-state index contributed by atoms with van der Waals surface area (Å²) < 4.78 is 5.85. The van der Waals surface area contributed by atoms with Crippen LogP contribution in [-0.4, -0.2) is 35.6 Å². The minimum absolute atomic E-state index is 0.628. The van der Waals surface area contributed by atoms with Gasteiger partial charge in [-0.3, -0.25) is 4.90 Å². The highest BCUT2D eigenvalue weighted by Crippen LogP contribution is 2.30. The molecule has 4 heterocycles. The van der Waals surface area contributed by atoms with Gasteiger partial charge in [-0.15, -0.1) is 11.3 Å². The van der Waals surface area contributed by atoms with Gasteiger partial charge in [0.2, 0.25) is 0 Å². The lowest BCUT2D eigenvalue weighted by Gasteiger charge is -2.45. The first-order valence-electron chi connectivity index (χ1n) is 7.76. The van der Waals surface area contributed by atoms with Gasteiger partial charge in [0.05, 0.1) is 0 Å². The number of thiophene rings is 1. The van der Waals surface area contributed by atoms with Crippen molar-refractivity contribution in [2.45, 2.75) is 19.0 Å². The van der Waals surface area contributed by atoms with Gasteiger partial charge >= 0.3 is 0 Å². The van der Waals surface area contributed by atoms with Crippen molar-refractivity contribution in [1.82, 2.24) is 9.88 Å². The molecule has 112 valence electrons. The minimum Gasteiger partial charge on any atom is -0.423 e. The minimum atomic E-state index is 0.628. The van der Waals surface area contributed by atoms with Gasteiger partial charge in [-0.05, 0) is 35.6 Å². The van der Waals surface area contributed by atoms with E-state index in [1.54, 1.807) is 4.88 Å². The van der Waals surface area contributed by atoms with Crippen LogP contribution in [0.3, 0.4) is 0 Å². The number of anilines is 1. The summed E-state index contributed by atoms with van der Waals surface area (Å²) in [5.74, 6) is 0. The third-order valence-corrected chi connectivity index (χ3v) is 5.79. The second-order valence-electron chi connectivity index (χ2n) is 6.11. The summed E-state index contributed by atoms with van der Waals surface area (Å²) in [5.41, 5.74) is 3.35. The van der Waals surface area contributed by atoms with Crippen LogP contribution in [0.2, 0.25) is 0 Å². The second kappa shape index (κ2) is 4.83. The Morgan fingerprint density at radius 3 is 3.00 bits per heavy atom. The molecule has 0 saturated carbocycles. The maximum atomic E-state index is 5.85. The molecular weight excluding hydrogens is 294 g/mol. The third kappa shape index (κ3) is 1.96. The van der Waals surface area contributed by atoms with E-state index in [1.165, 1.54) is 18.5 Å². The lowest BCUT2D eigenvalue weighted by atomic mass is 10.0. The average molecular weight is 311 g/mol. The molecule has 1 aromatic carbocycles. The fraction of sp³-hybridized carbons (Fsp3) is 0.353. The first-order valence-corrected chi connectivity index (χ1v) is 8.64. The van der Waals surface area contributed by atoms with Crippen molar-refractivity contribution in [1.29, 1.82) is 0 Å². The van der Waals surface area contributed by atoms with Crippen LogP contribution in [0.1, 0.15) is 10.4 Å². The van der Waals surface area contributed by atoms with E-state index in [0.717, 1.165) is 36.7 Å². The van der Waals surface area contributed by atoms with Crippen molar-refractivity contribution in [3.8, 4) is 0 Å². The molecule has 0 atom stereocenters. The maximum absolute atomic E-state index is 5.85. The van der Waals surface area contributed by atoms with E-state index >= 15 is 0 Å². The van der Waals surface area contributed by atoms with Crippen LogP contribution >= 0.6 is 11.3 Å². The predicted octanol–water partition coefficient (Wildman–Crippen LogP) is 3.14. The largest absolute Gasteiger partial charge is 0.423 e. The Morgan fingerprint density at radius 1 is 1.18 bits per heavy atom. The third-order valence-electron chi connectivity index (χ3n) is 4.77. The Morgan fingerprint density at radius 2 is 2.09 bits per heavy atom. The van der Waals surface area contributed by atoms with Crippen molar-refractivity contribution in [2.75, 3.05) is 24.5 Å². The quantitative estimate of drug-likeness (QED) is 0.728. The SMILES string of the molecule is c1ccc2oc(N3CC(N4CCc5sccc5C4)C3)nc2c1. The van der Waals surface area contributed by atoms with Gasteiger partial charge in [0.25, 0.3) is 6.01 Å². The van der Waals surface area contributed by atoms with Crippen LogP contribution in [0, 0.1) is 0 Å². The Balaban J connectivity index is 1.28. The molecule has 0 spiro atoms. The molecule has 2 aliphatic heterocycles. The fourth-order valence-electron chi connectivity index (χ4n) is 3.42. The molecule has 22 heavy (non-hydrogen) atoms. The lowest BCUT2D eigenvalue weighted by Crippen LogP contribution is -2.60. The van der Waals surface area contributed by atoms with Crippen LogP contribution in [0.25, 0.3) is 11.1 Å². The first kappa shape index (κ1) is 12.7. The molecule has 0 bridgehead atoms. The number of hydrogen-bond donors (Lipinski definition) is 0. The van der Waals surface area contributed by atoms with Gasteiger partial charge in [0.1, 0.15) is 5.52 Å². The number of fused-ring (bicyclic) bond motifs is 2. The van der Waals surface area contributed by atoms with Crippen LogP contribution in [0.5, 0.6) is 0 Å². The van der Waals surface area contributed by atoms with Crippen LogP contribution in [-0.2, 0) is 13.0 Å². The molecule has 2 aliphatic rings. The lowest BCUT2D eigenvalue weighted by molar-refractivity contribution is 0.148. The summed E-state index contributed by atoms with van der Waals surface area (Å²) in [7, 11) is 0. The fourth-order valence-corrected chi connectivity index (χ4v) is 4.31. The normalized spacial score (nSPS) is 19.4. The number of aromatic nitrogens is 1. The molecule has 1 fully saturated rings. The van der Waals surface area contributed by atoms with Crippen molar-refractivity contribution >= 4 is 28.5 Å². The van der Waals surface area contributed by atoms with E-state index < -0.39 is 0 Å². The van der Waals surface area contributed by atoms with Crippen LogP contribution in [0.4, 0.5) is 6.01 Å². The van der Waals surface area contributed by atoms with Crippen molar-refractivity contribution in [3.05, 3.63) is 46.2 Å². The van der Waals surface area contributed by atoms with E-state index in [9.17, 15) is 0 Å². The van der Waals surface area contributed by atoms with Gasteiger partial charge in [-0.2, -0.15) is 4.98 Å². The number of hydrogen-bond acceptors (Lipinski definition) is 5. The molecule has 0 unspecified atom stereocenters. The van der Waals surface area contributed by atoms with Gasteiger partial charge in [-0.25, -0.2) is 0 Å². The number of oxazole rings is 1. The van der Waals surface area contributed by atoms with Crippen LogP contribution < -0.4 is 4.90 Å². The molecule has 4 nitrogen and oxygen atoms in total. The number of rotatable bonds is 2. The van der Waals surface area contributed by atoms with E-state index in [4.69, 9.17) is 4.42 Å². The Hall–Kier alpha value is -1.85. The smallest absolute Gasteiger partial charge is 0.298 e. The van der Waals surface area contributed by atoms with Gasteiger partial charge in [0, 0.05) is 37.1 Å². The van der Waals surface area contributed by atoms with E-state index in [0.29, 0.717) is 6.04 Å². The summed E-state index contributed by atoms with van der Waals surface area (Å²) in [6.45, 7) is 4.32. The van der Waals surface area contributed by atoms with Gasteiger partial charge in [0.15, 0.2) is 5.58 Å². The van der Waals surface area contributed by atoms with Crippen molar-refractivity contribution < 1.29 is 4.42 Å². The Kier molecular flexibility index (Phi) is 2.78. The molecule has 0 aliphatic carbocycles. The monoisotopic (exact) mass is 311 g/mol. The molecule has 1 saturated heterocycles. The zero-order valence-electron chi connectivity index (χ0n) is 12.2. The topological polar surface area (TPSA) is 32.5 Å². The number of para-hydroxylation sites is 2. The molecule has 5 heteroatoms. The summed E-state index contributed by atoms with van der Waals surface area (Å²) in [5, 5.41) is 2.22. The predicted molar refractivity (Wildman–Crippen MR) is 88.4 cm³/mol. The molecule has 2 aromatic heterocycles. The molecule has 0 amide bonds. The van der Waals surface area contributed by atoms with E-state index in [-0.39, 0.29) is 0 Å². The van der Waals surface area contributed by atoms with Gasteiger partial charge < -0.3 is 9.32 Å². The summed E-state index contributed by atoms with van der Waals surface area (Å²) in [6.07, 6.45) is 1.20. The van der Waals surface area contributed by atoms with Crippen LogP contribution in [0.15, 0.2) is 40.1 Å². The standard InChI is InChI=1S/C17H17N3OS/c1-2-4-15-14(3-1)18-17(21-15)20-10-13(11-20)19-7-5-16-12(9-19)6-8-22-16/h1-4,6,8,13H,5,7,9-11H2. The number of nitrogens with zero attached hydrogens (tertiary/aromatic N) is 3.